The van der Waals surface area contributed by atoms with Gasteiger partial charge in [-0.05, 0) is 37.3 Å². The molecule has 4 heteroatoms. The standard InChI is InChI=1S/C16H21NO3/c1-10-8-13-14(20-10)6-5-12-11(9-15(18)19)4-3-7-17(2)16(12)13/h5-6,10-11H,3-4,7-9H2,1-2H3,(H,18,19). The van der Waals surface area contributed by atoms with Gasteiger partial charge in [-0.25, -0.2) is 0 Å². The monoisotopic (exact) mass is 275 g/mol. The third-order valence-electron chi connectivity index (χ3n) is 4.38. The van der Waals surface area contributed by atoms with Gasteiger partial charge in [-0.1, -0.05) is 6.07 Å². The molecule has 0 amide bonds. The number of hydrogen-bond acceptors (Lipinski definition) is 3. The largest absolute Gasteiger partial charge is 0.490 e. The van der Waals surface area contributed by atoms with Crippen molar-refractivity contribution in [3.8, 4) is 5.75 Å². The number of aliphatic carboxylic acids is 1. The van der Waals surface area contributed by atoms with Crippen LogP contribution in [0.15, 0.2) is 12.1 Å². The first-order chi connectivity index (χ1) is 9.56. The Bertz CT molecular complexity index is 541. The molecule has 0 aliphatic carbocycles. The first-order valence-electron chi connectivity index (χ1n) is 7.31. The molecule has 4 nitrogen and oxygen atoms in total. The minimum absolute atomic E-state index is 0.119. The van der Waals surface area contributed by atoms with Crippen molar-refractivity contribution in [1.82, 2.24) is 0 Å². The van der Waals surface area contributed by atoms with Crippen LogP contribution in [0.1, 0.15) is 43.2 Å². The average Bonchev–Trinajstić information content (AvgIpc) is 2.68. The fourth-order valence-corrected chi connectivity index (χ4v) is 3.53. The smallest absolute Gasteiger partial charge is 0.303 e. The third kappa shape index (κ3) is 2.23. The molecular weight excluding hydrogens is 254 g/mol. The lowest BCUT2D eigenvalue weighted by Gasteiger charge is -2.23. The van der Waals surface area contributed by atoms with E-state index in [1.165, 1.54) is 16.8 Å². The molecule has 108 valence electrons. The molecule has 2 atom stereocenters. The van der Waals surface area contributed by atoms with Gasteiger partial charge in [0.05, 0.1) is 6.42 Å². The van der Waals surface area contributed by atoms with Crippen molar-refractivity contribution < 1.29 is 14.6 Å². The molecule has 0 spiro atoms. The van der Waals surface area contributed by atoms with Crippen LogP contribution in [-0.4, -0.2) is 30.8 Å². The molecule has 0 aromatic heterocycles. The number of nitrogens with zero attached hydrogens (tertiary/aromatic N) is 1. The SMILES string of the molecule is CC1Cc2c(ccc3c2N(C)CCCC3CC(=O)O)O1. The minimum Gasteiger partial charge on any atom is -0.490 e. The number of carboxylic acid groups (broad SMARTS) is 1. The maximum absolute atomic E-state index is 11.1. The second kappa shape index (κ2) is 5.00. The van der Waals surface area contributed by atoms with Gasteiger partial charge in [0.1, 0.15) is 11.9 Å². The summed E-state index contributed by atoms with van der Waals surface area (Å²) in [6.07, 6.45) is 3.33. The van der Waals surface area contributed by atoms with Gasteiger partial charge in [-0.15, -0.1) is 0 Å². The Morgan fingerprint density at radius 1 is 1.50 bits per heavy atom. The van der Waals surface area contributed by atoms with Gasteiger partial charge < -0.3 is 14.7 Å². The zero-order chi connectivity index (χ0) is 14.3. The number of fused-ring (bicyclic) bond motifs is 3. The Kier molecular flexibility index (Phi) is 3.32. The lowest BCUT2D eigenvalue weighted by Crippen LogP contribution is -2.19. The highest BCUT2D eigenvalue weighted by Crippen LogP contribution is 2.44. The average molecular weight is 275 g/mol. The van der Waals surface area contributed by atoms with E-state index in [1.54, 1.807) is 0 Å². The minimum atomic E-state index is -0.712. The Morgan fingerprint density at radius 3 is 3.05 bits per heavy atom. The molecule has 0 radical (unpaired) electrons. The highest BCUT2D eigenvalue weighted by Gasteiger charge is 2.30. The van der Waals surface area contributed by atoms with Crippen molar-refractivity contribution in [2.24, 2.45) is 0 Å². The predicted molar refractivity (Wildman–Crippen MR) is 77.7 cm³/mol. The Hall–Kier alpha value is -1.71. The lowest BCUT2D eigenvalue weighted by atomic mass is 9.89. The quantitative estimate of drug-likeness (QED) is 0.901. The van der Waals surface area contributed by atoms with Crippen molar-refractivity contribution in [2.75, 3.05) is 18.5 Å². The van der Waals surface area contributed by atoms with Gasteiger partial charge in [0.2, 0.25) is 0 Å². The Morgan fingerprint density at radius 2 is 2.30 bits per heavy atom. The summed E-state index contributed by atoms with van der Waals surface area (Å²) in [6, 6.07) is 4.09. The van der Waals surface area contributed by atoms with Crippen molar-refractivity contribution in [1.29, 1.82) is 0 Å². The van der Waals surface area contributed by atoms with Crippen molar-refractivity contribution in [2.45, 2.75) is 44.6 Å². The normalized spacial score (nSPS) is 24.6. The number of benzene rings is 1. The van der Waals surface area contributed by atoms with E-state index in [4.69, 9.17) is 9.84 Å². The summed E-state index contributed by atoms with van der Waals surface area (Å²) < 4.78 is 5.84. The fraction of sp³-hybridized carbons (Fsp3) is 0.562. The maximum Gasteiger partial charge on any atom is 0.303 e. The summed E-state index contributed by atoms with van der Waals surface area (Å²) in [6.45, 7) is 3.06. The van der Waals surface area contributed by atoms with Crippen molar-refractivity contribution in [3.05, 3.63) is 23.3 Å². The van der Waals surface area contributed by atoms with E-state index in [9.17, 15) is 4.79 Å². The highest BCUT2D eigenvalue weighted by molar-refractivity contribution is 5.72. The first kappa shape index (κ1) is 13.3. The summed E-state index contributed by atoms with van der Waals surface area (Å²) in [5.41, 5.74) is 3.66. The van der Waals surface area contributed by atoms with E-state index in [1.807, 2.05) is 6.07 Å². The van der Waals surface area contributed by atoms with Crippen LogP contribution in [0.5, 0.6) is 5.75 Å². The molecule has 1 aromatic rings. The topological polar surface area (TPSA) is 49.8 Å². The fourth-order valence-electron chi connectivity index (χ4n) is 3.53. The summed E-state index contributed by atoms with van der Waals surface area (Å²) in [5.74, 6) is 0.378. The molecule has 0 bridgehead atoms. The Labute approximate surface area is 119 Å². The Balaban J connectivity index is 2.07. The lowest BCUT2D eigenvalue weighted by molar-refractivity contribution is -0.137. The highest BCUT2D eigenvalue weighted by atomic mass is 16.5. The van der Waals surface area contributed by atoms with E-state index >= 15 is 0 Å². The van der Waals surface area contributed by atoms with E-state index in [-0.39, 0.29) is 18.4 Å². The van der Waals surface area contributed by atoms with Crippen LogP contribution in [0.2, 0.25) is 0 Å². The molecule has 1 N–H and O–H groups in total. The molecule has 0 saturated carbocycles. The molecular formula is C16H21NO3. The van der Waals surface area contributed by atoms with Gasteiger partial charge in [0.15, 0.2) is 0 Å². The number of carboxylic acids is 1. The summed E-state index contributed by atoms with van der Waals surface area (Å²) >= 11 is 0. The molecule has 2 heterocycles. The molecule has 0 saturated heterocycles. The number of hydrogen-bond donors (Lipinski definition) is 1. The van der Waals surface area contributed by atoms with E-state index in [0.29, 0.717) is 0 Å². The van der Waals surface area contributed by atoms with E-state index < -0.39 is 5.97 Å². The maximum atomic E-state index is 11.1. The van der Waals surface area contributed by atoms with Crippen LogP contribution >= 0.6 is 0 Å². The molecule has 3 rings (SSSR count). The number of ether oxygens (including phenoxy) is 1. The molecule has 1 aromatic carbocycles. The second-order valence-corrected chi connectivity index (χ2v) is 5.97. The van der Waals surface area contributed by atoms with Gasteiger partial charge in [-0.2, -0.15) is 0 Å². The van der Waals surface area contributed by atoms with Crippen molar-refractivity contribution in [3.63, 3.8) is 0 Å². The first-order valence-corrected chi connectivity index (χ1v) is 7.31. The molecule has 2 aliphatic heterocycles. The van der Waals surface area contributed by atoms with Gasteiger partial charge in [-0.3, -0.25) is 4.79 Å². The van der Waals surface area contributed by atoms with E-state index in [2.05, 4.69) is 24.9 Å². The van der Waals surface area contributed by atoms with Crippen molar-refractivity contribution >= 4 is 11.7 Å². The van der Waals surface area contributed by atoms with Crippen LogP contribution in [0.4, 0.5) is 5.69 Å². The van der Waals surface area contributed by atoms with Crippen LogP contribution in [-0.2, 0) is 11.2 Å². The van der Waals surface area contributed by atoms with Gasteiger partial charge >= 0.3 is 5.97 Å². The summed E-state index contributed by atoms with van der Waals surface area (Å²) in [4.78, 5) is 13.4. The molecule has 2 aliphatic rings. The zero-order valence-electron chi connectivity index (χ0n) is 12.1. The predicted octanol–water partition coefficient (Wildman–Crippen LogP) is 2.80. The van der Waals surface area contributed by atoms with Crippen LogP contribution < -0.4 is 9.64 Å². The molecule has 2 unspecified atom stereocenters. The number of carbonyl (C=O) groups is 1. The van der Waals surface area contributed by atoms with E-state index in [0.717, 1.165) is 31.6 Å². The van der Waals surface area contributed by atoms with Crippen LogP contribution in [0.25, 0.3) is 0 Å². The molecule has 0 fully saturated rings. The van der Waals surface area contributed by atoms with Crippen LogP contribution in [0.3, 0.4) is 0 Å². The summed E-state index contributed by atoms with van der Waals surface area (Å²) in [7, 11) is 2.10. The zero-order valence-corrected chi connectivity index (χ0v) is 12.1. The van der Waals surface area contributed by atoms with Gasteiger partial charge in [0, 0.05) is 31.3 Å². The number of anilines is 1. The van der Waals surface area contributed by atoms with Gasteiger partial charge in [0.25, 0.3) is 0 Å². The number of rotatable bonds is 2. The molecule has 20 heavy (non-hydrogen) atoms. The van der Waals surface area contributed by atoms with Crippen LogP contribution in [0, 0.1) is 0 Å². The summed E-state index contributed by atoms with van der Waals surface area (Å²) in [5, 5.41) is 9.15. The third-order valence-corrected chi connectivity index (χ3v) is 4.38. The second-order valence-electron chi connectivity index (χ2n) is 5.97.